The Kier molecular flexibility index (Phi) is 3.05. The van der Waals surface area contributed by atoms with Crippen molar-refractivity contribution in [1.82, 2.24) is 0 Å². The van der Waals surface area contributed by atoms with Crippen LogP contribution in [0.1, 0.15) is 0 Å². The highest BCUT2D eigenvalue weighted by atomic mass is 32.2. The average Bonchev–Trinajstić information content (AvgIpc) is 2.01. The third kappa shape index (κ3) is 2.66. The molecular weight excluding hydrogens is 214 g/mol. The number of hydrogen-bond acceptors (Lipinski definition) is 3. The van der Waals surface area contributed by atoms with Crippen LogP contribution in [-0.4, -0.2) is 21.3 Å². The van der Waals surface area contributed by atoms with Crippen LogP contribution in [0, 0.1) is 0 Å². The van der Waals surface area contributed by atoms with E-state index < -0.39 is 16.4 Å². The van der Waals surface area contributed by atoms with Crippen molar-refractivity contribution in [2.45, 2.75) is 11.5 Å². The molecule has 0 unspecified atom stereocenters. The fraction of sp³-hybridized carbons (Fsp3) is 0.250. The van der Waals surface area contributed by atoms with Crippen LogP contribution in [-0.2, 0) is 9.84 Å². The molecule has 0 bridgehead atoms. The molecule has 0 aliphatic rings. The van der Waals surface area contributed by atoms with Crippen molar-refractivity contribution in [1.29, 1.82) is 0 Å². The second-order valence-corrected chi connectivity index (χ2v) is 4.58. The predicted octanol–water partition coefficient (Wildman–Crippen LogP) is 1.69. The lowest BCUT2D eigenvalue weighted by molar-refractivity contribution is -0.0517. The van der Waals surface area contributed by atoms with Crippen molar-refractivity contribution < 1.29 is 21.9 Å². The van der Waals surface area contributed by atoms with Crippen LogP contribution >= 0.6 is 0 Å². The number of alkyl halides is 2. The van der Waals surface area contributed by atoms with Crippen molar-refractivity contribution >= 4 is 9.84 Å². The van der Waals surface area contributed by atoms with E-state index in [0.717, 1.165) is 6.26 Å². The Morgan fingerprint density at radius 2 is 1.86 bits per heavy atom. The highest BCUT2D eigenvalue weighted by Crippen LogP contribution is 2.24. The van der Waals surface area contributed by atoms with Gasteiger partial charge in [-0.05, 0) is 12.1 Å². The molecule has 0 radical (unpaired) electrons. The van der Waals surface area contributed by atoms with E-state index in [4.69, 9.17) is 0 Å². The lowest BCUT2D eigenvalue weighted by atomic mass is 10.3. The van der Waals surface area contributed by atoms with Gasteiger partial charge in [0.15, 0.2) is 9.84 Å². The quantitative estimate of drug-likeness (QED) is 0.781. The summed E-state index contributed by atoms with van der Waals surface area (Å²) in [6.45, 7) is -3.03. The molecular formula is C8H8F2O3S. The van der Waals surface area contributed by atoms with Gasteiger partial charge in [-0.2, -0.15) is 8.78 Å². The zero-order valence-corrected chi connectivity index (χ0v) is 8.09. The number of benzene rings is 1. The Morgan fingerprint density at radius 3 is 2.36 bits per heavy atom. The first-order chi connectivity index (χ1) is 6.41. The fourth-order valence-corrected chi connectivity index (χ4v) is 1.76. The SMILES string of the molecule is CS(=O)(=O)c1ccccc1OC(F)F. The first-order valence-corrected chi connectivity index (χ1v) is 5.54. The van der Waals surface area contributed by atoms with Gasteiger partial charge in [-0.15, -0.1) is 0 Å². The summed E-state index contributed by atoms with van der Waals surface area (Å²) in [5, 5.41) is 0. The zero-order chi connectivity index (χ0) is 10.8. The van der Waals surface area contributed by atoms with E-state index in [9.17, 15) is 17.2 Å². The largest absolute Gasteiger partial charge is 0.433 e. The Bertz CT molecular complexity index is 414. The number of hydrogen-bond donors (Lipinski definition) is 0. The summed E-state index contributed by atoms with van der Waals surface area (Å²) in [4.78, 5) is -0.236. The monoisotopic (exact) mass is 222 g/mol. The van der Waals surface area contributed by atoms with Crippen LogP contribution < -0.4 is 4.74 Å². The summed E-state index contributed by atoms with van der Waals surface area (Å²) >= 11 is 0. The molecule has 1 rings (SSSR count). The van der Waals surface area contributed by atoms with Crippen molar-refractivity contribution in [3.8, 4) is 5.75 Å². The van der Waals surface area contributed by atoms with Crippen molar-refractivity contribution in [2.75, 3.05) is 6.26 Å². The van der Waals surface area contributed by atoms with Gasteiger partial charge in [0.1, 0.15) is 10.6 Å². The number of para-hydroxylation sites is 1. The second-order valence-electron chi connectivity index (χ2n) is 2.60. The maximum atomic E-state index is 11.9. The minimum atomic E-state index is -3.54. The van der Waals surface area contributed by atoms with E-state index >= 15 is 0 Å². The molecule has 3 nitrogen and oxygen atoms in total. The molecule has 0 amide bonds. The topological polar surface area (TPSA) is 43.4 Å². The van der Waals surface area contributed by atoms with Crippen LogP contribution in [0.15, 0.2) is 29.2 Å². The lowest BCUT2D eigenvalue weighted by Gasteiger charge is -2.08. The van der Waals surface area contributed by atoms with Crippen molar-refractivity contribution in [3.05, 3.63) is 24.3 Å². The van der Waals surface area contributed by atoms with Gasteiger partial charge in [-0.3, -0.25) is 0 Å². The van der Waals surface area contributed by atoms with Gasteiger partial charge in [0.05, 0.1) is 0 Å². The highest BCUT2D eigenvalue weighted by Gasteiger charge is 2.16. The molecule has 6 heteroatoms. The molecule has 0 aliphatic heterocycles. The maximum Gasteiger partial charge on any atom is 0.387 e. The Morgan fingerprint density at radius 1 is 1.29 bits per heavy atom. The average molecular weight is 222 g/mol. The molecule has 0 aliphatic carbocycles. The van der Waals surface area contributed by atoms with E-state index in [0.29, 0.717) is 0 Å². The van der Waals surface area contributed by atoms with Crippen LogP contribution in [0.2, 0.25) is 0 Å². The molecule has 0 fully saturated rings. The predicted molar refractivity (Wildman–Crippen MR) is 46.2 cm³/mol. The van der Waals surface area contributed by atoms with E-state index in [1.807, 2.05) is 0 Å². The standard InChI is InChI=1S/C8H8F2O3S/c1-14(11,12)7-5-3-2-4-6(7)13-8(9)10/h2-5,8H,1H3. The molecule has 0 aromatic heterocycles. The summed E-state index contributed by atoms with van der Waals surface area (Å²) < 4.78 is 50.0. The fourth-order valence-electron chi connectivity index (χ4n) is 0.950. The van der Waals surface area contributed by atoms with Crippen molar-refractivity contribution in [2.24, 2.45) is 0 Å². The Labute approximate surface area is 80.2 Å². The van der Waals surface area contributed by atoms with Gasteiger partial charge < -0.3 is 4.74 Å². The number of ether oxygens (including phenoxy) is 1. The van der Waals surface area contributed by atoms with E-state index in [-0.39, 0.29) is 10.6 Å². The third-order valence-corrected chi connectivity index (χ3v) is 2.60. The number of rotatable bonds is 3. The molecule has 0 atom stereocenters. The van der Waals surface area contributed by atoms with Crippen LogP contribution in [0.25, 0.3) is 0 Å². The molecule has 1 aromatic rings. The minimum absolute atomic E-state index is 0.236. The van der Waals surface area contributed by atoms with Gasteiger partial charge in [-0.25, -0.2) is 8.42 Å². The van der Waals surface area contributed by atoms with E-state index in [1.54, 1.807) is 0 Å². The summed E-state index contributed by atoms with van der Waals surface area (Å²) in [5.74, 6) is -0.329. The van der Waals surface area contributed by atoms with E-state index in [2.05, 4.69) is 4.74 Å². The van der Waals surface area contributed by atoms with Crippen LogP contribution in [0.5, 0.6) is 5.75 Å². The molecule has 0 N–H and O–H groups in total. The van der Waals surface area contributed by atoms with E-state index in [1.165, 1.54) is 24.3 Å². The Balaban J connectivity index is 3.17. The van der Waals surface area contributed by atoms with Gasteiger partial charge in [-0.1, -0.05) is 12.1 Å². The van der Waals surface area contributed by atoms with Gasteiger partial charge >= 0.3 is 6.61 Å². The second kappa shape index (κ2) is 3.91. The molecule has 0 saturated carbocycles. The third-order valence-electron chi connectivity index (χ3n) is 1.46. The highest BCUT2D eigenvalue weighted by molar-refractivity contribution is 7.90. The molecule has 0 saturated heterocycles. The molecule has 1 aromatic carbocycles. The summed E-state index contributed by atoms with van der Waals surface area (Å²) in [6, 6.07) is 5.26. The van der Waals surface area contributed by atoms with Gasteiger partial charge in [0.2, 0.25) is 0 Å². The first kappa shape index (κ1) is 10.9. The summed E-state index contributed by atoms with van der Waals surface area (Å²) in [6.07, 6.45) is 0.931. The van der Waals surface area contributed by atoms with Crippen molar-refractivity contribution in [3.63, 3.8) is 0 Å². The lowest BCUT2D eigenvalue weighted by Crippen LogP contribution is -2.07. The van der Waals surface area contributed by atoms with Gasteiger partial charge in [0, 0.05) is 6.26 Å². The van der Waals surface area contributed by atoms with Gasteiger partial charge in [0.25, 0.3) is 0 Å². The maximum absolute atomic E-state index is 11.9. The minimum Gasteiger partial charge on any atom is -0.433 e. The van der Waals surface area contributed by atoms with Crippen LogP contribution in [0.3, 0.4) is 0 Å². The number of halogens is 2. The molecule has 78 valence electrons. The first-order valence-electron chi connectivity index (χ1n) is 3.65. The molecule has 14 heavy (non-hydrogen) atoms. The smallest absolute Gasteiger partial charge is 0.387 e. The zero-order valence-electron chi connectivity index (χ0n) is 7.28. The van der Waals surface area contributed by atoms with Crippen LogP contribution in [0.4, 0.5) is 8.78 Å². The molecule has 0 heterocycles. The molecule has 0 spiro atoms. The Hall–Kier alpha value is -1.17. The summed E-state index contributed by atoms with van der Waals surface area (Å²) in [7, 11) is -3.54. The normalized spacial score (nSPS) is 11.7. The summed E-state index contributed by atoms with van der Waals surface area (Å²) in [5.41, 5.74) is 0. The number of sulfone groups is 1.